The van der Waals surface area contributed by atoms with Gasteiger partial charge in [0.1, 0.15) is 0 Å². The Morgan fingerprint density at radius 1 is 0.578 bits per heavy atom. The molecule has 0 unspecified atom stereocenters. The van der Waals surface area contributed by atoms with Gasteiger partial charge in [-0.25, -0.2) is 0 Å². The van der Waals surface area contributed by atoms with Crippen LogP contribution in [0.25, 0.3) is 86.6 Å². The first kappa shape index (κ1) is 24.9. The largest absolute Gasteiger partial charge is 0.309 e. The van der Waals surface area contributed by atoms with Gasteiger partial charge in [-0.1, -0.05) is 109 Å². The van der Waals surface area contributed by atoms with E-state index >= 15 is 0 Å². The van der Waals surface area contributed by atoms with E-state index in [4.69, 9.17) is 0 Å². The maximum atomic E-state index is 2.46. The highest BCUT2D eigenvalue weighted by Crippen LogP contribution is 2.54. The van der Waals surface area contributed by atoms with Crippen LogP contribution in [0, 0.1) is 0 Å². The van der Waals surface area contributed by atoms with Crippen molar-refractivity contribution in [1.82, 2.24) is 4.57 Å². The molecule has 2 heterocycles. The van der Waals surface area contributed by atoms with Gasteiger partial charge in [0.05, 0.1) is 11.0 Å². The Morgan fingerprint density at radius 2 is 1.36 bits per heavy atom. The van der Waals surface area contributed by atoms with Crippen LogP contribution < -0.4 is 0 Å². The first-order valence-corrected chi connectivity index (χ1v) is 16.4. The molecule has 0 aliphatic heterocycles. The van der Waals surface area contributed by atoms with Crippen molar-refractivity contribution in [2.24, 2.45) is 0 Å². The van der Waals surface area contributed by atoms with Gasteiger partial charge >= 0.3 is 0 Å². The maximum absolute atomic E-state index is 2.46. The highest BCUT2D eigenvalue weighted by Gasteiger charge is 2.26. The second kappa shape index (κ2) is 9.53. The smallest absolute Gasteiger partial charge is 0.0541 e. The van der Waals surface area contributed by atoms with E-state index in [9.17, 15) is 0 Å². The average Bonchev–Trinajstić information content (AvgIpc) is 3.63. The Kier molecular flexibility index (Phi) is 5.28. The van der Waals surface area contributed by atoms with E-state index in [1.165, 1.54) is 92.2 Å². The van der Waals surface area contributed by atoms with Gasteiger partial charge in [-0.3, -0.25) is 0 Å². The number of aromatic nitrogens is 1. The normalized spacial score (nSPS) is 13.6. The first-order chi connectivity index (χ1) is 22.3. The topological polar surface area (TPSA) is 4.93 Å². The lowest BCUT2D eigenvalue weighted by molar-refractivity contribution is 1.19. The van der Waals surface area contributed by atoms with Crippen LogP contribution in [0.2, 0.25) is 0 Å². The maximum Gasteiger partial charge on any atom is 0.0541 e. The summed E-state index contributed by atoms with van der Waals surface area (Å²) >= 11 is 1.92. The summed E-state index contributed by atoms with van der Waals surface area (Å²) in [5, 5.41) is 6.59. The van der Waals surface area contributed by atoms with E-state index in [-0.39, 0.29) is 0 Å². The predicted octanol–water partition coefficient (Wildman–Crippen LogP) is 12.4. The Bertz CT molecular complexity index is 2600. The molecular weight excluding hydrogens is 563 g/mol. The molecule has 0 fully saturated rings. The molecular formula is C43H27NS. The van der Waals surface area contributed by atoms with Gasteiger partial charge in [0.2, 0.25) is 0 Å². The number of allylic oxidation sites excluding steroid dienone is 6. The van der Waals surface area contributed by atoms with Gasteiger partial charge in [-0.2, -0.15) is 0 Å². The van der Waals surface area contributed by atoms with Crippen LogP contribution in [-0.4, -0.2) is 4.57 Å². The molecule has 0 bridgehead atoms. The average molecular weight is 590 g/mol. The molecule has 10 rings (SSSR count). The van der Waals surface area contributed by atoms with Gasteiger partial charge in [-0.05, 0) is 87.5 Å². The molecule has 0 saturated carbocycles. The lowest BCUT2D eigenvalue weighted by atomic mass is 10.00. The number of nitrogens with zero attached hydrogens (tertiary/aromatic N) is 1. The molecule has 0 amide bonds. The van der Waals surface area contributed by atoms with Crippen LogP contribution in [0.1, 0.15) is 12.0 Å². The van der Waals surface area contributed by atoms with Crippen molar-refractivity contribution in [3.63, 3.8) is 0 Å². The van der Waals surface area contributed by atoms with Crippen LogP contribution in [0.15, 0.2) is 152 Å². The molecule has 0 N–H and O–H groups in total. The number of hydrogen-bond acceptors (Lipinski definition) is 1. The summed E-state index contributed by atoms with van der Waals surface area (Å²) in [6.45, 7) is 0. The minimum atomic E-state index is 0.969. The van der Waals surface area contributed by atoms with Gasteiger partial charge < -0.3 is 4.57 Å². The molecule has 2 heteroatoms. The zero-order valence-electron chi connectivity index (χ0n) is 24.5. The molecule has 2 aliphatic carbocycles. The minimum Gasteiger partial charge on any atom is -0.309 e. The molecule has 0 radical (unpaired) electrons. The molecule has 0 saturated heterocycles. The van der Waals surface area contributed by atoms with Crippen LogP contribution in [-0.2, 0) is 0 Å². The van der Waals surface area contributed by atoms with E-state index in [0.29, 0.717) is 0 Å². The van der Waals surface area contributed by atoms with Crippen LogP contribution in [0.5, 0.6) is 0 Å². The Labute approximate surface area is 265 Å². The molecule has 8 aromatic rings. The van der Waals surface area contributed by atoms with Crippen molar-refractivity contribution < 1.29 is 0 Å². The summed E-state index contributed by atoms with van der Waals surface area (Å²) in [6, 6.07) is 45.2. The molecule has 0 atom stereocenters. The molecule has 210 valence electrons. The highest BCUT2D eigenvalue weighted by atomic mass is 32.1. The van der Waals surface area contributed by atoms with E-state index < -0.39 is 0 Å². The second-order valence-electron chi connectivity index (χ2n) is 12.0. The molecule has 45 heavy (non-hydrogen) atoms. The van der Waals surface area contributed by atoms with Crippen LogP contribution >= 0.6 is 11.3 Å². The van der Waals surface area contributed by atoms with Crippen molar-refractivity contribution in [3.05, 3.63) is 157 Å². The monoisotopic (exact) mass is 589 g/mol. The summed E-state index contributed by atoms with van der Waals surface area (Å²) in [5.74, 6) is 0. The Balaban J connectivity index is 1.23. The zero-order valence-corrected chi connectivity index (χ0v) is 25.3. The fraction of sp³-hybridized carbons (Fsp3) is 0.0233. The second-order valence-corrected chi connectivity index (χ2v) is 13.1. The van der Waals surface area contributed by atoms with Gasteiger partial charge in [0.25, 0.3) is 0 Å². The molecule has 2 aliphatic rings. The van der Waals surface area contributed by atoms with Crippen molar-refractivity contribution >= 4 is 59.6 Å². The number of hydrogen-bond donors (Lipinski definition) is 0. The van der Waals surface area contributed by atoms with Crippen LogP contribution in [0.4, 0.5) is 0 Å². The van der Waals surface area contributed by atoms with Gasteiger partial charge in [0.15, 0.2) is 0 Å². The summed E-state index contributed by atoms with van der Waals surface area (Å²) in [7, 11) is 0. The van der Waals surface area contributed by atoms with Crippen molar-refractivity contribution in [2.75, 3.05) is 0 Å². The summed E-state index contributed by atoms with van der Waals surface area (Å²) in [4.78, 5) is 1.40. The standard InChI is InChI=1S/C43H27NS/c1-2-5-11-27(10-4-1)30-18-21-38-35(24-30)36-25-31(28-12-6-3-7-13-28)19-22-39(36)44(38)32-20-23-40-37(26-32)42-33-16-8-14-29-15-9-17-34(41(29)33)43(42)45-40/h1,3-26H,2H2. The third kappa shape index (κ3) is 3.67. The number of fused-ring (bicyclic) bond motifs is 8. The molecule has 0 spiro atoms. The Morgan fingerprint density at radius 3 is 2.20 bits per heavy atom. The van der Waals surface area contributed by atoms with Crippen molar-refractivity contribution in [1.29, 1.82) is 0 Å². The summed E-state index contributed by atoms with van der Waals surface area (Å²) in [5.41, 5.74) is 12.7. The minimum absolute atomic E-state index is 0.969. The van der Waals surface area contributed by atoms with E-state index in [2.05, 4.69) is 156 Å². The van der Waals surface area contributed by atoms with E-state index in [1.54, 1.807) is 0 Å². The lowest BCUT2D eigenvalue weighted by Crippen LogP contribution is -1.94. The Hall–Kier alpha value is -5.44. The molecule has 2 aromatic heterocycles. The molecule has 1 nitrogen and oxygen atoms in total. The fourth-order valence-corrected chi connectivity index (χ4v) is 8.71. The van der Waals surface area contributed by atoms with E-state index in [1.807, 2.05) is 11.3 Å². The number of thiophene rings is 1. The number of benzene rings is 6. The fourth-order valence-electron chi connectivity index (χ4n) is 7.48. The third-order valence-electron chi connectivity index (χ3n) is 9.54. The van der Waals surface area contributed by atoms with Gasteiger partial charge in [0, 0.05) is 42.6 Å². The first-order valence-electron chi connectivity index (χ1n) is 15.6. The van der Waals surface area contributed by atoms with Crippen molar-refractivity contribution in [2.45, 2.75) is 6.42 Å². The lowest BCUT2D eigenvalue weighted by Gasteiger charge is -2.10. The molecule has 6 aromatic carbocycles. The SMILES string of the molecule is C1=CCC=CC(c2ccc3c(c2)c2cc(-c4ccccc4)ccc2n3-c2ccc3sc4c(c3c2)-c2cccc3cccc-4c23)=C1. The quantitative estimate of drug-likeness (QED) is 0.193. The predicted molar refractivity (Wildman–Crippen MR) is 194 cm³/mol. The summed E-state index contributed by atoms with van der Waals surface area (Å²) < 4.78 is 3.80. The number of rotatable bonds is 3. The summed E-state index contributed by atoms with van der Waals surface area (Å²) in [6.07, 6.45) is 12.1. The van der Waals surface area contributed by atoms with E-state index in [0.717, 1.165) is 6.42 Å². The zero-order chi connectivity index (χ0) is 29.5. The van der Waals surface area contributed by atoms with Gasteiger partial charge in [-0.15, -0.1) is 11.3 Å². The highest BCUT2D eigenvalue weighted by molar-refractivity contribution is 7.23. The van der Waals surface area contributed by atoms with Crippen LogP contribution in [0.3, 0.4) is 0 Å². The van der Waals surface area contributed by atoms with Crippen molar-refractivity contribution in [3.8, 4) is 38.4 Å². The third-order valence-corrected chi connectivity index (χ3v) is 10.7.